The van der Waals surface area contributed by atoms with E-state index in [1.807, 2.05) is 28.8 Å². The summed E-state index contributed by atoms with van der Waals surface area (Å²) < 4.78 is 7.50. The molecular formula is C19H15Cl2N5OS. The number of aromatic nitrogens is 5. The van der Waals surface area contributed by atoms with Crippen LogP contribution >= 0.6 is 35.0 Å². The molecule has 0 spiro atoms. The Balaban J connectivity index is 1.55. The van der Waals surface area contributed by atoms with Crippen molar-refractivity contribution in [2.45, 2.75) is 24.4 Å². The Morgan fingerprint density at radius 1 is 1.07 bits per heavy atom. The molecule has 0 saturated heterocycles. The third kappa shape index (κ3) is 3.78. The largest absolute Gasteiger partial charge is 0.354 e. The Kier molecular flexibility index (Phi) is 5.66. The molecule has 0 radical (unpaired) electrons. The zero-order chi connectivity index (χ0) is 19.5. The first-order valence-electron chi connectivity index (χ1n) is 8.53. The number of halogens is 2. The molecule has 4 rings (SSSR count). The molecule has 0 N–H and O–H groups in total. The van der Waals surface area contributed by atoms with Crippen LogP contribution in [0.5, 0.6) is 0 Å². The summed E-state index contributed by atoms with van der Waals surface area (Å²) in [6.45, 7) is 2.80. The maximum atomic E-state index is 6.49. The highest BCUT2D eigenvalue weighted by molar-refractivity contribution is 7.98. The minimum Gasteiger partial charge on any atom is -0.354 e. The predicted molar refractivity (Wildman–Crippen MR) is 110 cm³/mol. The van der Waals surface area contributed by atoms with E-state index in [1.54, 1.807) is 24.5 Å². The van der Waals surface area contributed by atoms with Crippen LogP contribution in [0.3, 0.4) is 0 Å². The molecule has 0 bridgehead atoms. The van der Waals surface area contributed by atoms with Crippen LogP contribution in [0.2, 0.25) is 10.0 Å². The molecule has 3 aromatic heterocycles. The van der Waals surface area contributed by atoms with E-state index >= 15 is 0 Å². The van der Waals surface area contributed by atoms with Crippen LogP contribution in [0.1, 0.15) is 12.6 Å². The van der Waals surface area contributed by atoms with Gasteiger partial charge in [0.25, 0.3) is 0 Å². The SMILES string of the molecule is CCn1c(SCc2noc(-c3cccc(Cl)c3)c2Cl)nnc1-c1ccncc1. The number of nitrogens with zero attached hydrogens (tertiary/aromatic N) is 5. The van der Waals surface area contributed by atoms with Crippen molar-refractivity contribution in [1.29, 1.82) is 0 Å². The highest BCUT2D eigenvalue weighted by Gasteiger charge is 2.19. The molecule has 0 aliphatic rings. The third-order valence-corrected chi connectivity index (χ3v) is 5.70. The smallest absolute Gasteiger partial charge is 0.191 e. The van der Waals surface area contributed by atoms with E-state index in [9.17, 15) is 0 Å². The van der Waals surface area contributed by atoms with Crippen molar-refractivity contribution >= 4 is 35.0 Å². The van der Waals surface area contributed by atoms with Crippen molar-refractivity contribution in [3.8, 4) is 22.7 Å². The van der Waals surface area contributed by atoms with Gasteiger partial charge >= 0.3 is 0 Å². The molecule has 0 aliphatic carbocycles. The van der Waals surface area contributed by atoms with Crippen LogP contribution in [-0.4, -0.2) is 24.9 Å². The molecule has 28 heavy (non-hydrogen) atoms. The number of pyridine rings is 1. The van der Waals surface area contributed by atoms with Crippen molar-refractivity contribution in [2.24, 2.45) is 0 Å². The second-order valence-corrected chi connectivity index (χ2v) is 7.61. The van der Waals surface area contributed by atoms with E-state index in [2.05, 4.69) is 27.3 Å². The van der Waals surface area contributed by atoms with Gasteiger partial charge in [-0.3, -0.25) is 4.98 Å². The zero-order valence-corrected chi connectivity index (χ0v) is 17.2. The Bertz CT molecular complexity index is 1100. The second kappa shape index (κ2) is 8.34. The molecule has 4 aromatic rings. The van der Waals surface area contributed by atoms with Gasteiger partial charge in [0.1, 0.15) is 10.7 Å². The Morgan fingerprint density at radius 2 is 1.89 bits per heavy atom. The van der Waals surface area contributed by atoms with Gasteiger partial charge in [0.2, 0.25) is 0 Å². The average molecular weight is 432 g/mol. The lowest BCUT2D eigenvalue weighted by molar-refractivity contribution is 0.426. The number of rotatable bonds is 6. The first kappa shape index (κ1) is 19.0. The topological polar surface area (TPSA) is 69.6 Å². The van der Waals surface area contributed by atoms with E-state index in [0.717, 1.165) is 28.7 Å². The normalized spacial score (nSPS) is 11.1. The average Bonchev–Trinajstić information content (AvgIpc) is 3.30. The number of hydrogen-bond donors (Lipinski definition) is 0. The molecule has 9 heteroatoms. The van der Waals surface area contributed by atoms with Crippen molar-refractivity contribution in [3.05, 3.63) is 64.5 Å². The van der Waals surface area contributed by atoms with Crippen molar-refractivity contribution in [1.82, 2.24) is 24.9 Å². The maximum Gasteiger partial charge on any atom is 0.191 e. The highest BCUT2D eigenvalue weighted by atomic mass is 35.5. The zero-order valence-electron chi connectivity index (χ0n) is 14.8. The molecule has 0 aliphatic heterocycles. The summed E-state index contributed by atoms with van der Waals surface area (Å²) >= 11 is 14.0. The van der Waals surface area contributed by atoms with Gasteiger partial charge in [0, 0.05) is 40.8 Å². The molecule has 1 aromatic carbocycles. The van der Waals surface area contributed by atoms with Gasteiger partial charge in [-0.1, -0.05) is 52.3 Å². The molecule has 142 valence electrons. The summed E-state index contributed by atoms with van der Waals surface area (Å²) in [4.78, 5) is 4.05. The van der Waals surface area contributed by atoms with Crippen LogP contribution in [0.25, 0.3) is 22.7 Å². The molecule has 0 unspecified atom stereocenters. The van der Waals surface area contributed by atoms with Gasteiger partial charge in [-0.15, -0.1) is 10.2 Å². The summed E-state index contributed by atoms with van der Waals surface area (Å²) in [5.41, 5.74) is 2.41. The van der Waals surface area contributed by atoms with Crippen molar-refractivity contribution in [2.75, 3.05) is 0 Å². The summed E-state index contributed by atoms with van der Waals surface area (Å²) in [7, 11) is 0. The van der Waals surface area contributed by atoms with E-state index in [1.165, 1.54) is 11.8 Å². The summed E-state index contributed by atoms with van der Waals surface area (Å²) in [5, 5.41) is 14.6. The molecule has 0 saturated carbocycles. The van der Waals surface area contributed by atoms with Crippen molar-refractivity contribution in [3.63, 3.8) is 0 Å². The number of hydrogen-bond acceptors (Lipinski definition) is 6. The third-order valence-electron chi connectivity index (χ3n) is 4.10. The van der Waals surface area contributed by atoms with E-state index < -0.39 is 0 Å². The highest BCUT2D eigenvalue weighted by Crippen LogP contribution is 2.35. The fourth-order valence-electron chi connectivity index (χ4n) is 2.74. The first-order chi connectivity index (χ1) is 13.7. The first-order valence-corrected chi connectivity index (χ1v) is 10.3. The maximum absolute atomic E-state index is 6.49. The van der Waals surface area contributed by atoms with E-state index in [0.29, 0.717) is 27.3 Å². The Labute approximate surface area is 175 Å². The van der Waals surface area contributed by atoms with Crippen LogP contribution in [-0.2, 0) is 12.3 Å². The monoisotopic (exact) mass is 431 g/mol. The second-order valence-electron chi connectivity index (χ2n) is 5.86. The number of benzene rings is 1. The molecule has 0 atom stereocenters. The van der Waals surface area contributed by atoms with Crippen LogP contribution < -0.4 is 0 Å². The fourth-order valence-corrected chi connectivity index (χ4v) is 4.19. The van der Waals surface area contributed by atoms with Gasteiger partial charge in [-0.2, -0.15) is 0 Å². The lowest BCUT2D eigenvalue weighted by Gasteiger charge is -2.06. The minimum absolute atomic E-state index is 0.478. The summed E-state index contributed by atoms with van der Waals surface area (Å²) in [6, 6.07) is 11.1. The van der Waals surface area contributed by atoms with E-state index in [4.69, 9.17) is 27.7 Å². The van der Waals surface area contributed by atoms with Crippen LogP contribution in [0.4, 0.5) is 0 Å². The molecule has 6 nitrogen and oxygen atoms in total. The molecule has 0 fully saturated rings. The molecular weight excluding hydrogens is 417 g/mol. The van der Waals surface area contributed by atoms with Crippen LogP contribution in [0, 0.1) is 0 Å². The summed E-state index contributed by atoms with van der Waals surface area (Å²) in [5.74, 6) is 1.82. The molecule has 0 amide bonds. The minimum atomic E-state index is 0.478. The van der Waals surface area contributed by atoms with Gasteiger partial charge in [0.15, 0.2) is 16.7 Å². The fraction of sp³-hybridized carbons (Fsp3) is 0.158. The van der Waals surface area contributed by atoms with Crippen molar-refractivity contribution < 1.29 is 4.52 Å². The van der Waals surface area contributed by atoms with Crippen LogP contribution in [0.15, 0.2) is 58.5 Å². The van der Waals surface area contributed by atoms with Gasteiger partial charge < -0.3 is 9.09 Å². The lowest BCUT2D eigenvalue weighted by Crippen LogP contribution is -2.00. The standard InChI is InChI=1S/C19H15Cl2N5OS/c1-2-26-18(12-6-8-22-9-7-12)23-24-19(26)28-11-15-16(21)17(27-25-15)13-4-3-5-14(20)10-13/h3-10H,2,11H2,1H3. The Hall–Kier alpha value is -2.35. The quantitative estimate of drug-likeness (QED) is 0.369. The predicted octanol–water partition coefficient (Wildman–Crippen LogP) is 5.61. The van der Waals surface area contributed by atoms with Gasteiger partial charge in [0.05, 0.1) is 0 Å². The van der Waals surface area contributed by atoms with E-state index in [-0.39, 0.29) is 0 Å². The van der Waals surface area contributed by atoms with Gasteiger partial charge in [-0.05, 0) is 31.2 Å². The summed E-state index contributed by atoms with van der Waals surface area (Å²) in [6.07, 6.45) is 3.48. The Morgan fingerprint density at radius 3 is 2.64 bits per heavy atom. The number of thioether (sulfide) groups is 1. The lowest BCUT2D eigenvalue weighted by atomic mass is 10.1. The molecule has 3 heterocycles. The van der Waals surface area contributed by atoms with Gasteiger partial charge in [-0.25, -0.2) is 0 Å².